The van der Waals surface area contributed by atoms with Crippen LogP contribution in [0.1, 0.15) is 25.0 Å². The third-order valence-corrected chi connectivity index (χ3v) is 7.16. The zero-order valence-corrected chi connectivity index (χ0v) is 19.7. The zero-order valence-electron chi connectivity index (χ0n) is 19.7. The summed E-state index contributed by atoms with van der Waals surface area (Å²) in [5.41, 5.74) is 6.78. The van der Waals surface area contributed by atoms with E-state index in [9.17, 15) is 0 Å². The molecule has 0 N–H and O–H groups in total. The van der Waals surface area contributed by atoms with Crippen LogP contribution in [-0.2, 0) is 17.2 Å². The van der Waals surface area contributed by atoms with Gasteiger partial charge in [0.05, 0.1) is 6.61 Å². The van der Waals surface area contributed by atoms with E-state index in [1.807, 2.05) is 0 Å². The van der Waals surface area contributed by atoms with Crippen LogP contribution in [0.2, 0.25) is 0 Å². The number of aromatic nitrogens is 1. The van der Waals surface area contributed by atoms with Gasteiger partial charge in [-0.1, -0.05) is 32.1 Å². The van der Waals surface area contributed by atoms with Crippen LogP contribution < -0.4 is 14.4 Å². The Labute approximate surface area is 191 Å². The van der Waals surface area contributed by atoms with E-state index in [1.54, 1.807) is 0 Å². The lowest BCUT2D eigenvalue weighted by Gasteiger charge is -2.39. The van der Waals surface area contributed by atoms with Crippen molar-refractivity contribution < 1.29 is 9.30 Å². The Morgan fingerprint density at radius 2 is 1.81 bits per heavy atom. The van der Waals surface area contributed by atoms with Crippen molar-refractivity contribution in [1.82, 2.24) is 0 Å². The smallest absolute Gasteiger partial charge is 0.212 e. The molecule has 2 aliphatic rings. The molecule has 3 heterocycles. The summed E-state index contributed by atoms with van der Waals surface area (Å²) in [4.78, 5) is 4.57. The van der Waals surface area contributed by atoms with E-state index in [1.165, 1.54) is 33.8 Å². The van der Waals surface area contributed by atoms with Crippen LogP contribution in [0.25, 0.3) is 17.3 Å². The van der Waals surface area contributed by atoms with Crippen molar-refractivity contribution in [2.45, 2.75) is 25.0 Å². The van der Waals surface area contributed by atoms with Crippen LogP contribution in [0.5, 0.6) is 0 Å². The second kappa shape index (κ2) is 7.49. The average molecular weight is 427 g/mol. The van der Waals surface area contributed by atoms with Gasteiger partial charge in [0.25, 0.3) is 0 Å². The minimum atomic E-state index is -0.479. The van der Waals surface area contributed by atoms with Gasteiger partial charge < -0.3 is 14.5 Å². The maximum Gasteiger partial charge on any atom is 0.212 e. The van der Waals surface area contributed by atoms with Gasteiger partial charge >= 0.3 is 0 Å². The molecular formula is C28H32N3O+. The Morgan fingerprint density at radius 3 is 2.53 bits per heavy atom. The number of fused-ring (bicyclic) bond motifs is 3. The molecule has 0 aliphatic carbocycles. The highest BCUT2D eigenvalue weighted by atomic mass is 16.5. The fraction of sp³-hybridized carbons (Fsp3) is 0.321. The van der Waals surface area contributed by atoms with Gasteiger partial charge in [-0.25, -0.2) is 4.57 Å². The lowest BCUT2D eigenvalue weighted by Crippen LogP contribution is -2.51. The first kappa shape index (κ1) is 20.8. The van der Waals surface area contributed by atoms with E-state index in [0.29, 0.717) is 0 Å². The van der Waals surface area contributed by atoms with E-state index in [0.717, 1.165) is 13.2 Å². The summed E-state index contributed by atoms with van der Waals surface area (Å²) in [5, 5.41) is 0. The van der Waals surface area contributed by atoms with Crippen molar-refractivity contribution in [2.75, 3.05) is 37.0 Å². The Bertz CT molecular complexity index is 1180. The fourth-order valence-electron chi connectivity index (χ4n) is 5.24. The molecule has 0 spiro atoms. The van der Waals surface area contributed by atoms with Crippen molar-refractivity contribution in [1.29, 1.82) is 0 Å². The third-order valence-electron chi connectivity index (χ3n) is 7.16. The highest BCUT2D eigenvalue weighted by molar-refractivity contribution is 5.74. The maximum absolute atomic E-state index is 6.54. The van der Waals surface area contributed by atoms with E-state index in [4.69, 9.17) is 4.74 Å². The number of nitrogens with zero attached hydrogens (tertiary/aromatic N) is 3. The summed E-state index contributed by atoms with van der Waals surface area (Å²) in [6.07, 6.45) is 6.58. The molecule has 1 atom stereocenters. The molecule has 1 unspecified atom stereocenters. The molecule has 164 valence electrons. The molecule has 5 rings (SSSR count). The number of hydrogen-bond donors (Lipinski definition) is 0. The minimum absolute atomic E-state index is 0.192. The van der Waals surface area contributed by atoms with Crippen LogP contribution >= 0.6 is 0 Å². The topological polar surface area (TPSA) is 19.6 Å². The molecule has 1 saturated heterocycles. The van der Waals surface area contributed by atoms with Crippen molar-refractivity contribution in [3.8, 4) is 11.3 Å². The predicted octanol–water partition coefficient (Wildman–Crippen LogP) is 4.78. The van der Waals surface area contributed by atoms with E-state index >= 15 is 0 Å². The van der Waals surface area contributed by atoms with Crippen molar-refractivity contribution >= 4 is 17.5 Å². The van der Waals surface area contributed by atoms with Crippen LogP contribution in [0, 0.1) is 0 Å². The highest BCUT2D eigenvalue weighted by Crippen LogP contribution is 2.55. The van der Waals surface area contributed by atoms with Gasteiger partial charge in [0.15, 0.2) is 11.9 Å². The van der Waals surface area contributed by atoms with Crippen molar-refractivity contribution in [2.24, 2.45) is 7.05 Å². The van der Waals surface area contributed by atoms with Gasteiger partial charge in [-0.05, 0) is 53.6 Å². The zero-order chi connectivity index (χ0) is 22.5. The summed E-state index contributed by atoms with van der Waals surface area (Å²) in [6, 6.07) is 21.9. The maximum atomic E-state index is 6.54. The summed E-state index contributed by atoms with van der Waals surface area (Å²) in [7, 11) is 6.23. The second-order valence-electron chi connectivity index (χ2n) is 9.57. The molecule has 1 aromatic heterocycles. The van der Waals surface area contributed by atoms with Crippen LogP contribution in [0.4, 0.5) is 11.4 Å². The quantitative estimate of drug-likeness (QED) is 0.560. The van der Waals surface area contributed by atoms with Gasteiger partial charge in [-0.2, -0.15) is 0 Å². The third kappa shape index (κ3) is 3.05. The van der Waals surface area contributed by atoms with Crippen LogP contribution in [-0.4, -0.2) is 33.0 Å². The number of rotatable bonds is 4. The highest BCUT2D eigenvalue weighted by Gasteiger charge is 2.59. The molecule has 2 aliphatic heterocycles. The Hall–Kier alpha value is -3.11. The van der Waals surface area contributed by atoms with Gasteiger partial charge in [0, 0.05) is 55.1 Å². The lowest BCUT2D eigenvalue weighted by molar-refractivity contribution is -0.660. The van der Waals surface area contributed by atoms with E-state index in [-0.39, 0.29) is 5.41 Å². The number of hydrogen-bond acceptors (Lipinski definition) is 3. The average Bonchev–Trinajstić information content (AvgIpc) is 3.30. The first-order chi connectivity index (χ1) is 15.3. The Balaban J connectivity index is 1.54. The molecular weight excluding hydrogens is 394 g/mol. The Kier molecular flexibility index (Phi) is 4.86. The molecule has 2 aromatic carbocycles. The predicted molar refractivity (Wildman–Crippen MR) is 132 cm³/mol. The molecule has 0 bridgehead atoms. The van der Waals surface area contributed by atoms with Crippen LogP contribution in [0.3, 0.4) is 0 Å². The molecule has 32 heavy (non-hydrogen) atoms. The number of pyridine rings is 1. The number of anilines is 2. The minimum Gasteiger partial charge on any atom is -0.378 e. The van der Waals surface area contributed by atoms with E-state index in [2.05, 4.69) is 128 Å². The number of ether oxygens (including phenoxy) is 1. The summed E-state index contributed by atoms with van der Waals surface area (Å²) < 4.78 is 8.72. The van der Waals surface area contributed by atoms with Crippen molar-refractivity contribution in [3.63, 3.8) is 0 Å². The van der Waals surface area contributed by atoms with Crippen molar-refractivity contribution in [3.05, 3.63) is 84.1 Å². The molecule has 4 heteroatoms. The fourth-order valence-corrected chi connectivity index (χ4v) is 5.24. The largest absolute Gasteiger partial charge is 0.378 e. The summed E-state index contributed by atoms with van der Waals surface area (Å²) in [5.74, 6) is 0. The van der Waals surface area contributed by atoms with Crippen LogP contribution in [0.15, 0.2) is 72.9 Å². The molecule has 4 nitrogen and oxygen atoms in total. The molecule has 0 radical (unpaired) electrons. The molecule has 0 amide bonds. The SMILES string of the molecule is CN(C)c1ccc(/C=C/C23OCCN2c2ccc(-c4cccc[n+]4C)cc2C3(C)C)cc1. The molecule has 0 saturated carbocycles. The monoisotopic (exact) mass is 426 g/mol. The summed E-state index contributed by atoms with van der Waals surface area (Å²) in [6.45, 7) is 6.26. The van der Waals surface area contributed by atoms with Gasteiger partial charge in [0.1, 0.15) is 7.05 Å². The lowest BCUT2D eigenvalue weighted by atomic mass is 9.76. The standard InChI is InChI=1S/C28H32N3O/c1-27(2)24-20-22(25-8-6-7-17-30(25)5)11-14-26(24)31-18-19-32-28(27,31)16-15-21-9-12-23(13-10-21)29(3)4/h6-17,20H,18-19H2,1-5H3/q+1/b16-15+. The van der Waals surface area contributed by atoms with Gasteiger partial charge in [-0.15, -0.1) is 0 Å². The van der Waals surface area contributed by atoms with E-state index < -0.39 is 5.72 Å². The number of benzene rings is 2. The normalized spacial score (nSPS) is 21.1. The summed E-state index contributed by atoms with van der Waals surface area (Å²) >= 11 is 0. The Morgan fingerprint density at radius 1 is 1.03 bits per heavy atom. The van der Waals surface area contributed by atoms with Gasteiger partial charge in [-0.3, -0.25) is 0 Å². The number of aryl methyl sites for hydroxylation is 1. The first-order valence-corrected chi connectivity index (χ1v) is 11.3. The molecule has 3 aromatic rings. The first-order valence-electron chi connectivity index (χ1n) is 11.3. The molecule has 1 fully saturated rings. The van der Waals surface area contributed by atoms with Gasteiger partial charge in [0.2, 0.25) is 5.69 Å². The second-order valence-corrected chi connectivity index (χ2v) is 9.57.